The summed E-state index contributed by atoms with van der Waals surface area (Å²) in [6.45, 7) is 0. The maximum Gasteiger partial charge on any atom is 0.0577 e. The van der Waals surface area contributed by atoms with Gasteiger partial charge in [-0.3, -0.25) is 0 Å². The molecule has 2 heteroatoms. The van der Waals surface area contributed by atoms with Gasteiger partial charge in [0.05, 0.1) is 4.32 Å². The molecule has 0 aromatic heterocycles. The van der Waals surface area contributed by atoms with Gasteiger partial charge >= 0.3 is 0 Å². The third kappa shape index (κ3) is 1.89. The van der Waals surface area contributed by atoms with E-state index < -0.39 is 0 Å². The van der Waals surface area contributed by atoms with Crippen LogP contribution < -0.4 is 0 Å². The zero-order chi connectivity index (χ0) is 9.31. The molecule has 0 fully saturated rings. The molecule has 1 aromatic rings. The molecular formula is C11H10Br2. The molecule has 1 unspecified atom stereocenters. The molecule has 0 bridgehead atoms. The Morgan fingerprint density at radius 1 is 1.31 bits per heavy atom. The number of fused-ring (bicyclic) bond motifs is 1. The van der Waals surface area contributed by atoms with Crippen molar-refractivity contribution in [3.05, 3.63) is 41.5 Å². The first-order valence-corrected chi connectivity index (χ1v) is 6.17. The van der Waals surface area contributed by atoms with E-state index in [0.717, 1.165) is 11.8 Å². The van der Waals surface area contributed by atoms with Gasteiger partial charge in [0.1, 0.15) is 0 Å². The Balaban J connectivity index is 2.39. The smallest absolute Gasteiger partial charge is 0.0577 e. The van der Waals surface area contributed by atoms with E-state index in [1.807, 2.05) is 0 Å². The quantitative estimate of drug-likeness (QED) is 0.693. The van der Waals surface area contributed by atoms with Gasteiger partial charge < -0.3 is 0 Å². The maximum absolute atomic E-state index is 3.73. The summed E-state index contributed by atoms with van der Waals surface area (Å²) >= 11 is 7.25. The summed E-state index contributed by atoms with van der Waals surface area (Å²) < 4.78 is 0.112. The van der Waals surface area contributed by atoms with Gasteiger partial charge in [-0.1, -0.05) is 68.3 Å². The first-order valence-electron chi connectivity index (χ1n) is 4.25. The number of halogens is 2. The first kappa shape index (κ1) is 9.47. The zero-order valence-electron chi connectivity index (χ0n) is 7.13. The molecule has 0 heterocycles. The Kier molecular flexibility index (Phi) is 2.61. The van der Waals surface area contributed by atoms with Gasteiger partial charge in [0.25, 0.3) is 0 Å². The largest absolute Gasteiger partial charge is 0.0909 e. The second-order valence-electron chi connectivity index (χ2n) is 3.38. The van der Waals surface area contributed by atoms with Crippen LogP contribution in [0.15, 0.2) is 30.3 Å². The van der Waals surface area contributed by atoms with E-state index in [-0.39, 0.29) is 4.32 Å². The monoisotopic (exact) mass is 300 g/mol. The van der Waals surface area contributed by atoms with Crippen molar-refractivity contribution >= 4 is 37.9 Å². The van der Waals surface area contributed by atoms with Crippen LogP contribution in [0, 0.1) is 0 Å². The number of alkyl halides is 2. The molecule has 0 radical (unpaired) electrons. The molecule has 0 nitrogen and oxygen atoms in total. The van der Waals surface area contributed by atoms with E-state index in [2.05, 4.69) is 68.3 Å². The van der Waals surface area contributed by atoms with E-state index in [1.165, 1.54) is 11.1 Å². The molecule has 2 rings (SSSR count). The minimum Gasteiger partial charge on any atom is -0.0909 e. The third-order valence-electron chi connectivity index (χ3n) is 2.32. The molecule has 68 valence electrons. The van der Waals surface area contributed by atoms with Gasteiger partial charge in [-0.05, 0) is 17.5 Å². The normalized spacial score (nSPS) is 25.7. The number of hydrogen-bond donors (Lipinski definition) is 0. The van der Waals surface area contributed by atoms with Gasteiger partial charge in [0.2, 0.25) is 0 Å². The van der Waals surface area contributed by atoms with E-state index in [0.29, 0.717) is 0 Å². The van der Waals surface area contributed by atoms with Crippen molar-refractivity contribution in [3.8, 4) is 0 Å². The standard InChI is InChI=1S/C11H10Br2/c12-8-11(13)6-5-9-3-1-2-4-10(9)7-11/h1-6H,7-8H2. The van der Waals surface area contributed by atoms with Crippen molar-refractivity contribution in [3.63, 3.8) is 0 Å². The second-order valence-corrected chi connectivity index (χ2v) is 5.52. The average molecular weight is 302 g/mol. The van der Waals surface area contributed by atoms with Crippen molar-refractivity contribution < 1.29 is 0 Å². The van der Waals surface area contributed by atoms with Crippen LogP contribution in [0.3, 0.4) is 0 Å². The predicted octanol–water partition coefficient (Wildman–Crippen LogP) is 3.78. The van der Waals surface area contributed by atoms with E-state index >= 15 is 0 Å². The number of hydrogen-bond acceptors (Lipinski definition) is 0. The van der Waals surface area contributed by atoms with E-state index in [9.17, 15) is 0 Å². The van der Waals surface area contributed by atoms with Crippen LogP contribution in [0.5, 0.6) is 0 Å². The summed E-state index contributed by atoms with van der Waals surface area (Å²) in [4.78, 5) is 0. The fraction of sp³-hybridized carbons (Fsp3) is 0.273. The summed E-state index contributed by atoms with van der Waals surface area (Å²) in [7, 11) is 0. The number of rotatable bonds is 1. The Labute approximate surface area is 95.3 Å². The van der Waals surface area contributed by atoms with Crippen molar-refractivity contribution in [2.45, 2.75) is 10.7 Å². The van der Waals surface area contributed by atoms with Crippen molar-refractivity contribution in [1.29, 1.82) is 0 Å². The summed E-state index contributed by atoms with van der Waals surface area (Å²) in [6.07, 6.45) is 5.48. The average Bonchev–Trinajstić information content (AvgIpc) is 2.18. The van der Waals surface area contributed by atoms with Crippen LogP contribution in [-0.4, -0.2) is 9.65 Å². The zero-order valence-corrected chi connectivity index (χ0v) is 10.3. The van der Waals surface area contributed by atoms with Gasteiger partial charge in [0.15, 0.2) is 0 Å². The number of allylic oxidation sites excluding steroid dienone is 1. The summed E-state index contributed by atoms with van der Waals surface area (Å²) in [5.74, 6) is 0. The van der Waals surface area contributed by atoms with Crippen LogP contribution in [0.2, 0.25) is 0 Å². The lowest BCUT2D eigenvalue weighted by atomic mass is 9.91. The van der Waals surface area contributed by atoms with E-state index in [4.69, 9.17) is 0 Å². The van der Waals surface area contributed by atoms with Crippen molar-refractivity contribution in [1.82, 2.24) is 0 Å². The molecule has 1 aromatic carbocycles. The van der Waals surface area contributed by atoms with Crippen LogP contribution in [-0.2, 0) is 6.42 Å². The van der Waals surface area contributed by atoms with Gasteiger partial charge in [-0.15, -0.1) is 0 Å². The van der Waals surface area contributed by atoms with Gasteiger partial charge in [-0.2, -0.15) is 0 Å². The Morgan fingerprint density at radius 2 is 2.08 bits per heavy atom. The summed E-state index contributed by atoms with van der Waals surface area (Å²) in [5.41, 5.74) is 2.76. The Hall–Kier alpha value is -0.0800. The SMILES string of the molecule is BrCC1(Br)C=Cc2ccccc2C1. The Bertz CT molecular complexity index is 344. The molecule has 0 amide bonds. The predicted molar refractivity (Wildman–Crippen MR) is 64.6 cm³/mol. The highest BCUT2D eigenvalue weighted by Crippen LogP contribution is 2.33. The number of benzene rings is 1. The molecule has 0 spiro atoms. The fourth-order valence-electron chi connectivity index (χ4n) is 1.56. The second kappa shape index (κ2) is 3.58. The minimum absolute atomic E-state index is 0.112. The highest BCUT2D eigenvalue weighted by atomic mass is 79.9. The highest BCUT2D eigenvalue weighted by Gasteiger charge is 2.26. The minimum atomic E-state index is 0.112. The third-order valence-corrected chi connectivity index (χ3v) is 4.90. The summed E-state index contributed by atoms with van der Waals surface area (Å²) in [6, 6.07) is 8.53. The first-order chi connectivity index (χ1) is 6.23. The van der Waals surface area contributed by atoms with Crippen molar-refractivity contribution in [2.24, 2.45) is 0 Å². The van der Waals surface area contributed by atoms with Gasteiger partial charge in [0, 0.05) is 5.33 Å². The molecule has 0 saturated heterocycles. The molecule has 13 heavy (non-hydrogen) atoms. The lowest BCUT2D eigenvalue weighted by molar-refractivity contribution is 0.808. The molecule has 0 saturated carbocycles. The molecule has 0 aliphatic heterocycles. The van der Waals surface area contributed by atoms with E-state index in [1.54, 1.807) is 0 Å². The summed E-state index contributed by atoms with van der Waals surface area (Å²) in [5, 5.41) is 0.949. The van der Waals surface area contributed by atoms with Crippen molar-refractivity contribution in [2.75, 3.05) is 5.33 Å². The lowest BCUT2D eigenvalue weighted by Gasteiger charge is -2.26. The molecular weight excluding hydrogens is 292 g/mol. The molecule has 1 atom stereocenters. The Morgan fingerprint density at radius 3 is 2.85 bits per heavy atom. The topological polar surface area (TPSA) is 0 Å². The fourth-order valence-corrected chi connectivity index (χ4v) is 2.38. The molecule has 0 N–H and O–H groups in total. The van der Waals surface area contributed by atoms with Crippen LogP contribution >= 0.6 is 31.9 Å². The van der Waals surface area contributed by atoms with Crippen LogP contribution in [0.1, 0.15) is 11.1 Å². The molecule has 1 aliphatic carbocycles. The van der Waals surface area contributed by atoms with Crippen LogP contribution in [0.4, 0.5) is 0 Å². The highest BCUT2D eigenvalue weighted by molar-refractivity contribution is 9.12. The van der Waals surface area contributed by atoms with Gasteiger partial charge in [-0.25, -0.2) is 0 Å². The maximum atomic E-state index is 3.73. The lowest BCUT2D eigenvalue weighted by Crippen LogP contribution is -2.25. The molecule has 1 aliphatic rings. The van der Waals surface area contributed by atoms with Crippen LogP contribution in [0.25, 0.3) is 6.08 Å².